The molecule has 2 fully saturated rings. The Morgan fingerprint density at radius 2 is 2.12 bits per heavy atom. The molecule has 2 saturated heterocycles. The van der Waals surface area contributed by atoms with Gasteiger partial charge in [-0.3, -0.25) is 19.6 Å². The maximum absolute atomic E-state index is 13.4. The van der Waals surface area contributed by atoms with Crippen molar-refractivity contribution < 1.29 is 18.0 Å². The summed E-state index contributed by atoms with van der Waals surface area (Å²) >= 11 is 1.43. The first kappa shape index (κ1) is 21.9. The van der Waals surface area contributed by atoms with Crippen LogP contribution in [0, 0.1) is 5.92 Å². The van der Waals surface area contributed by atoms with Gasteiger partial charge in [0, 0.05) is 19.7 Å². The summed E-state index contributed by atoms with van der Waals surface area (Å²) in [7, 11) is -2.61. The molecule has 174 valence electrons. The molecule has 0 saturated carbocycles. The van der Waals surface area contributed by atoms with Crippen molar-refractivity contribution in [1.29, 1.82) is 0 Å². The average molecular weight is 490 g/mol. The van der Waals surface area contributed by atoms with Crippen LogP contribution in [0.5, 0.6) is 0 Å². The van der Waals surface area contributed by atoms with Crippen molar-refractivity contribution in [3.63, 3.8) is 0 Å². The number of fused-ring (bicyclic) bond motifs is 2. The molecular weight excluding hydrogens is 466 g/mol. The van der Waals surface area contributed by atoms with E-state index in [1.807, 2.05) is 24.3 Å². The van der Waals surface area contributed by atoms with Crippen LogP contribution in [-0.4, -0.2) is 76.2 Å². The number of H-pyrrole nitrogens is 1. The second-order valence-electron chi connectivity index (χ2n) is 8.20. The number of likely N-dealkylation sites (N-methyl/N-ethyl adjacent to an activating group) is 1. The summed E-state index contributed by atoms with van der Waals surface area (Å²) in [6, 6.07) is 8.41. The number of thiazole rings is 1. The van der Waals surface area contributed by atoms with Gasteiger partial charge in [-0.05, 0) is 18.6 Å². The van der Waals surface area contributed by atoms with Crippen LogP contribution in [0.3, 0.4) is 0 Å². The van der Waals surface area contributed by atoms with Gasteiger partial charge in [-0.25, -0.2) is 4.98 Å². The molecule has 0 radical (unpaired) electrons. The summed E-state index contributed by atoms with van der Waals surface area (Å²) in [6.45, 7) is 1.66. The number of carbonyl (C=O) groups is 2. The molecule has 2 aromatic heterocycles. The van der Waals surface area contributed by atoms with Crippen molar-refractivity contribution >= 4 is 54.5 Å². The highest BCUT2D eigenvalue weighted by Gasteiger charge is 2.56. The van der Waals surface area contributed by atoms with E-state index in [0.717, 1.165) is 14.5 Å². The highest BCUT2D eigenvalue weighted by molar-refractivity contribution is 7.86. The van der Waals surface area contributed by atoms with Crippen LogP contribution in [-0.2, 0) is 19.8 Å². The van der Waals surface area contributed by atoms with Gasteiger partial charge in [0.15, 0.2) is 5.13 Å². The Morgan fingerprint density at radius 1 is 1.33 bits per heavy atom. The minimum Gasteiger partial charge on any atom is -0.310 e. The normalized spacial score (nSPS) is 23.5. The van der Waals surface area contributed by atoms with E-state index in [0.29, 0.717) is 17.4 Å². The number of aromatic nitrogens is 3. The van der Waals surface area contributed by atoms with Crippen LogP contribution in [0.2, 0.25) is 0 Å². The third kappa shape index (κ3) is 3.70. The SMILES string of the molecule is C[C@@H]1C(=O)N(c2nc3ccccc3s2)[C@H]2CCN(S(=O)(=O)N(C)CC(=O)Nc3ccn[nH]3)[C@H]12. The van der Waals surface area contributed by atoms with Gasteiger partial charge in [-0.15, -0.1) is 0 Å². The van der Waals surface area contributed by atoms with Crippen molar-refractivity contribution in [3.05, 3.63) is 36.5 Å². The third-order valence-electron chi connectivity index (χ3n) is 6.16. The largest absolute Gasteiger partial charge is 0.310 e. The highest BCUT2D eigenvalue weighted by Crippen LogP contribution is 2.42. The van der Waals surface area contributed by atoms with E-state index in [4.69, 9.17) is 0 Å². The van der Waals surface area contributed by atoms with E-state index in [2.05, 4.69) is 20.5 Å². The summed E-state index contributed by atoms with van der Waals surface area (Å²) < 4.78 is 30.1. The van der Waals surface area contributed by atoms with Gasteiger partial charge in [0.25, 0.3) is 10.2 Å². The molecule has 0 aliphatic carbocycles. The summed E-state index contributed by atoms with van der Waals surface area (Å²) in [6.07, 6.45) is 1.99. The molecular formula is C20H23N7O4S2. The number of hydrogen-bond acceptors (Lipinski definition) is 7. The minimum absolute atomic E-state index is 0.136. The monoisotopic (exact) mass is 489 g/mol. The molecule has 11 nitrogen and oxygen atoms in total. The number of aromatic amines is 1. The van der Waals surface area contributed by atoms with Crippen molar-refractivity contribution in [2.75, 3.05) is 30.4 Å². The molecule has 0 unspecified atom stereocenters. The molecule has 2 aliphatic rings. The predicted molar refractivity (Wildman–Crippen MR) is 124 cm³/mol. The Kier molecular flexibility index (Phi) is 5.43. The quantitative estimate of drug-likeness (QED) is 0.536. The van der Waals surface area contributed by atoms with Gasteiger partial charge in [-0.1, -0.05) is 30.4 Å². The van der Waals surface area contributed by atoms with Crippen molar-refractivity contribution in [3.8, 4) is 0 Å². The number of nitrogens with zero attached hydrogens (tertiary/aromatic N) is 5. The van der Waals surface area contributed by atoms with E-state index in [1.54, 1.807) is 17.9 Å². The fourth-order valence-corrected chi connectivity index (χ4v) is 7.25. The molecule has 4 heterocycles. The minimum atomic E-state index is -3.97. The highest BCUT2D eigenvalue weighted by atomic mass is 32.2. The van der Waals surface area contributed by atoms with Crippen molar-refractivity contribution in [2.24, 2.45) is 5.92 Å². The molecule has 33 heavy (non-hydrogen) atoms. The first-order valence-electron chi connectivity index (χ1n) is 10.5. The summed E-state index contributed by atoms with van der Waals surface area (Å²) in [5.41, 5.74) is 0.812. The van der Waals surface area contributed by atoms with Crippen LogP contribution in [0.1, 0.15) is 13.3 Å². The molecule has 2 N–H and O–H groups in total. The maximum atomic E-state index is 13.4. The Labute approximate surface area is 194 Å². The van der Waals surface area contributed by atoms with Crippen LogP contribution < -0.4 is 10.2 Å². The number of nitrogens with one attached hydrogen (secondary N) is 2. The lowest BCUT2D eigenvalue weighted by molar-refractivity contribution is -0.120. The fraction of sp³-hybridized carbons (Fsp3) is 0.400. The van der Waals surface area contributed by atoms with E-state index >= 15 is 0 Å². The van der Waals surface area contributed by atoms with Gasteiger partial charge in [-0.2, -0.15) is 22.1 Å². The van der Waals surface area contributed by atoms with Crippen LogP contribution in [0.15, 0.2) is 36.5 Å². The van der Waals surface area contributed by atoms with E-state index in [9.17, 15) is 18.0 Å². The zero-order valence-corrected chi connectivity index (χ0v) is 19.6. The smallest absolute Gasteiger partial charge is 0.282 e. The number of anilines is 2. The Balaban J connectivity index is 1.36. The van der Waals surface area contributed by atoms with Gasteiger partial charge in [0.2, 0.25) is 11.8 Å². The Bertz CT molecular complexity index is 1270. The first-order valence-corrected chi connectivity index (χ1v) is 12.7. The van der Waals surface area contributed by atoms with E-state index < -0.39 is 28.1 Å². The second kappa shape index (κ2) is 8.17. The van der Waals surface area contributed by atoms with Gasteiger partial charge >= 0.3 is 0 Å². The summed E-state index contributed by atoms with van der Waals surface area (Å²) in [5.74, 6) is -0.767. The molecule has 13 heteroatoms. The van der Waals surface area contributed by atoms with Crippen LogP contribution in [0.4, 0.5) is 10.9 Å². The zero-order valence-electron chi connectivity index (χ0n) is 18.0. The molecule has 0 bridgehead atoms. The lowest BCUT2D eigenvalue weighted by Crippen LogP contribution is -2.49. The zero-order chi connectivity index (χ0) is 23.3. The lowest BCUT2D eigenvalue weighted by Gasteiger charge is -2.29. The molecule has 3 aromatic rings. The first-order chi connectivity index (χ1) is 15.8. The second-order valence-corrected chi connectivity index (χ2v) is 11.2. The fourth-order valence-electron chi connectivity index (χ4n) is 4.61. The maximum Gasteiger partial charge on any atom is 0.282 e. The molecule has 5 rings (SSSR count). The van der Waals surface area contributed by atoms with Crippen LogP contribution in [0.25, 0.3) is 10.2 Å². The van der Waals surface area contributed by atoms with Crippen molar-refractivity contribution in [2.45, 2.75) is 25.4 Å². The number of rotatable bonds is 6. The molecule has 2 amide bonds. The lowest BCUT2D eigenvalue weighted by atomic mass is 10.0. The number of benzene rings is 1. The molecule has 1 aromatic carbocycles. The predicted octanol–water partition coefficient (Wildman–Crippen LogP) is 1.26. The average Bonchev–Trinajstić information content (AvgIpc) is 3.55. The summed E-state index contributed by atoms with van der Waals surface area (Å²) in [4.78, 5) is 31.8. The number of hydrogen-bond donors (Lipinski definition) is 2. The molecule has 3 atom stereocenters. The topological polar surface area (TPSA) is 132 Å². The number of amides is 2. The number of carbonyl (C=O) groups excluding carboxylic acids is 2. The number of para-hydroxylation sites is 1. The Morgan fingerprint density at radius 3 is 2.85 bits per heavy atom. The summed E-state index contributed by atoms with van der Waals surface area (Å²) in [5, 5.41) is 9.50. The van der Waals surface area contributed by atoms with Crippen molar-refractivity contribution in [1.82, 2.24) is 23.8 Å². The van der Waals surface area contributed by atoms with E-state index in [1.165, 1.54) is 28.9 Å². The standard InChI is InChI=1S/C20H23N7O4S2/c1-12-18-14(27(19(12)29)20-22-13-5-3-4-6-15(13)32-20)8-10-26(18)33(30,31)25(2)11-17(28)23-16-7-9-21-24-16/h3-7,9,12,14,18H,8,10-11H2,1-2H3,(H2,21,23,24,28)/t12-,14-,18+/m0/s1. The van der Waals surface area contributed by atoms with Gasteiger partial charge in [0.1, 0.15) is 5.82 Å². The van der Waals surface area contributed by atoms with Gasteiger partial charge < -0.3 is 5.32 Å². The van der Waals surface area contributed by atoms with Gasteiger partial charge in [0.05, 0.1) is 41.0 Å². The van der Waals surface area contributed by atoms with Crippen LogP contribution >= 0.6 is 11.3 Å². The van der Waals surface area contributed by atoms with E-state index in [-0.39, 0.29) is 25.0 Å². The Hall–Kier alpha value is -2.87. The molecule has 0 spiro atoms. The molecule has 2 aliphatic heterocycles. The third-order valence-corrected chi connectivity index (χ3v) is 9.13.